The highest BCUT2D eigenvalue weighted by atomic mass is 19.1. The first kappa shape index (κ1) is 14.0. The van der Waals surface area contributed by atoms with Crippen molar-refractivity contribution in [2.24, 2.45) is 5.73 Å². The molecule has 4 nitrogen and oxygen atoms in total. The second kappa shape index (κ2) is 6.12. The standard InChI is InChI=1S/C14H19FN2O2/c1-2-19-12(8-16)9-17-13-7-11(15)5-3-10(13)4-6-14(17)18/h3,5,7,12H,2,4,6,8-9,16H2,1H3. The number of nitrogens with zero attached hydrogens (tertiary/aromatic N) is 1. The highest BCUT2D eigenvalue weighted by Crippen LogP contribution is 2.28. The third-order valence-corrected chi connectivity index (χ3v) is 3.30. The third-order valence-electron chi connectivity index (χ3n) is 3.30. The van der Waals surface area contributed by atoms with Gasteiger partial charge in [-0.15, -0.1) is 0 Å². The predicted molar refractivity (Wildman–Crippen MR) is 71.5 cm³/mol. The van der Waals surface area contributed by atoms with Crippen LogP contribution in [0.25, 0.3) is 0 Å². The molecule has 1 amide bonds. The molecule has 0 aliphatic carbocycles. The zero-order valence-electron chi connectivity index (χ0n) is 11.1. The van der Waals surface area contributed by atoms with Crippen LogP contribution in [0.2, 0.25) is 0 Å². The number of fused-ring (bicyclic) bond motifs is 1. The first-order valence-corrected chi connectivity index (χ1v) is 6.56. The Morgan fingerprint density at radius 3 is 2.95 bits per heavy atom. The van der Waals surface area contributed by atoms with Crippen molar-refractivity contribution >= 4 is 11.6 Å². The van der Waals surface area contributed by atoms with Gasteiger partial charge in [0.1, 0.15) is 5.82 Å². The number of hydrogen-bond donors (Lipinski definition) is 1. The molecule has 5 heteroatoms. The number of carbonyl (C=O) groups is 1. The van der Waals surface area contributed by atoms with Gasteiger partial charge in [0.15, 0.2) is 0 Å². The maximum absolute atomic E-state index is 13.4. The van der Waals surface area contributed by atoms with Gasteiger partial charge >= 0.3 is 0 Å². The summed E-state index contributed by atoms with van der Waals surface area (Å²) in [7, 11) is 0. The molecule has 0 saturated carbocycles. The molecule has 1 heterocycles. The molecule has 2 N–H and O–H groups in total. The number of anilines is 1. The van der Waals surface area contributed by atoms with Crippen LogP contribution in [0.3, 0.4) is 0 Å². The predicted octanol–water partition coefficient (Wildman–Crippen LogP) is 1.47. The van der Waals surface area contributed by atoms with Gasteiger partial charge in [-0.05, 0) is 31.0 Å². The molecule has 0 spiro atoms. The molecule has 0 saturated heterocycles. The van der Waals surface area contributed by atoms with Crippen LogP contribution in [0, 0.1) is 5.82 Å². The minimum Gasteiger partial charge on any atom is -0.375 e. The number of rotatable bonds is 5. The minimum absolute atomic E-state index is 0.00347. The van der Waals surface area contributed by atoms with E-state index in [1.165, 1.54) is 12.1 Å². The number of hydrogen-bond acceptors (Lipinski definition) is 3. The number of aryl methyl sites for hydroxylation is 1. The number of ether oxygens (including phenoxy) is 1. The fraction of sp³-hybridized carbons (Fsp3) is 0.500. The molecule has 2 rings (SSSR count). The van der Waals surface area contributed by atoms with E-state index in [4.69, 9.17) is 10.5 Å². The second-order valence-electron chi connectivity index (χ2n) is 4.59. The van der Waals surface area contributed by atoms with Crippen molar-refractivity contribution in [3.05, 3.63) is 29.6 Å². The molecular weight excluding hydrogens is 247 g/mol. The number of amides is 1. The zero-order chi connectivity index (χ0) is 13.8. The number of benzene rings is 1. The maximum Gasteiger partial charge on any atom is 0.227 e. The van der Waals surface area contributed by atoms with Gasteiger partial charge in [-0.3, -0.25) is 4.79 Å². The van der Waals surface area contributed by atoms with E-state index in [0.29, 0.717) is 38.2 Å². The fourth-order valence-electron chi connectivity index (χ4n) is 2.35. The number of carbonyl (C=O) groups excluding carboxylic acids is 1. The molecule has 0 radical (unpaired) electrons. The zero-order valence-corrected chi connectivity index (χ0v) is 11.1. The van der Waals surface area contributed by atoms with Crippen LogP contribution in [0.4, 0.5) is 10.1 Å². The number of nitrogens with two attached hydrogens (primary N) is 1. The Morgan fingerprint density at radius 2 is 2.26 bits per heavy atom. The lowest BCUT2D eigenvalue weighted by atomic mass is 10.0. The summed E-state index contributed by atoms with van der Waals surface area (Å²) in [6, 6.07) is 4.57. The Balaban J connectivity index is 2.24. The van der Waals surface area contributed by atoms with Crippen LogP contribution in [0.5, 0.6) is 0 Å². The van der Waals surface area contributed by atoms with Crippen LogP contribution in [0.1, 0.15) is 18.9 Å². The van der Waals surface area contributed by atoms with E-state index in [1.54, 1.807) is 11.0 Å². The van der Waals surface area contributed by atoms with E-state index >= 15 is 0 Å². The van der Waals surface area contributed by atoms with E-state index in [-0.39, 0.29) is 17.8 Å². The summed E-state index contributed by atoms with van der Waals surface area (Å²) in [5, 5.41) is 0. The van der Waals surface area contributed by atoms with Crippen molar-refractivity contribution in [1.29, 1.82) is 0 Å². The summed E-state index contributed by atoms with van der Waals surface area (Å²) in [5.41, 5.74) is 7.28. The average Bonchev–Trinajstić information content (AvgIpc) is 2.41. The lowest BCUT2D eigenvalue weighted by Gasteiger charge is -2.32. The van der Waals surface area contributed by atoms with E-state index < -0.39 is 0 Å². The van der Waals surface area contributed by atoms with Gasteiger partial charge in [-0.2, -0.15) is 0 Å². The SMILES string of the molecule is CCOC(CN)CN1C(=O)CCc2ccc(F)cc21. The molecule has 0 fully saturated rings. The first-order valence-electron chi connectivity index (χ1n) is 6.56. The highest BCUT2D eigenvalue weighted by Gasteiger charge is 2.26. The summed E-state index contributed by atoms with van der Waals surface area (Å²) < 4.78 is 18.8. The minimum atomic E-state index is -0.334. The summed E-state index contributed by atoms with van der Waals surface area (Å²) in [5.74, 6) is -0.338. The molecule has 104 valence electrons. The summed E-state index contributed by atoms with van der Waals surface area (Å²) in [4.78, 5) is 13.6. The molecule has 1 aliphatic heterocycles. The molecule has 19 heavy (non-hydrogen) atoms. The molecule has 0 bridgehead atoms. The van der Waals surface area contributed by atoms with Gasteiger partial charge in [0.25, 0.3) is 0 Å². The van der Waals surface area contributed by atoms with Gasteiger partial charge in [0, 0.05) is 25.3 Å². The van der Waals surface area contributed by atoms with Crippen LogP contribution in [-0.2, 0) is 16.0 Å². The summed E-state index contributed by atoms with van der Waals surface area (Å²) >= 11 is 0. The molecule has 1 aromatic rings. The Labute approximate surface area is 112 Å². The molecular formula is C14H19FN2O2. The van der Waals surface area contributed by atoms with Gasteiger partial charge < -0.3 is 15.4 Å². The van der Waals surface area contributed by atoms with Crippen molar-refractivity contribution in [1.82, 2.24) is 0 Å². The number of halogens is 1. The Bertz CT molecular complexity index is 465. The van der Waals surface area contributed by atoms with Gasteiger partial charge in [-0.1, -0.05) is 6.07 Å². The molecule has 1 atom stereocenters. The van der Waals surface area contributed by atoms with Gasteiger partial charge in [0.05, 0.1) is 12.6 Å². The summed E-state index contributed by atoms with van der Waals surface area (Å²) in [6.07, 6.45) is 0.887. The molecule has 0 aromatic heterocycles. The van der Waals surface area contributed by atoms with E-state index in [1.807, 2.05) is 6.92 Å². The fourth-order valence-corrected chi connectivity index (χ4v) is 2.35. The largest absolute Gasteiger partial charge is 0.375 e. The monoisotopic (exact) mass is 266 g/mol. The van der Waals surface area contributed by atoms with Crippen molar-refractivity contribution < 1.29 is 13.9 Å². The lowest BCUT2D eigenvalue weighted by Crippen LogP contribution is -2.44. The average molecular weight is 266 g/mol. The van der Waals surface area contributed by atoms with Crippen LogP contribution < -0.4 is 10.6 Å². The molecule has 1 aromatic carbocycles. The van der Waals surface area contributed by atoms with Crippen molar-refractivity contribution in [3.63, 3.8) is 0 Å². The Kier molecular flexibility index (Phi) is 4.50. The maximum atomic E-state index is 13.4. The molecule has 1 unspecified atom stereocenters. The van der Waals surface area contributed by atoms with Crippen LogP contribution in [-0.4, -0.2) is 31.7 Å². The van der Waals surface area contributed by atoms with Gasteiger partial charge in [0.2, 0.25) is 5.91 Å². The first-order chi connectivity index (χ1) is 9.15. The van der Waals surface area contributed by atoms with E-state index in [2.05, 4.69) is 0 Å². The van der Waals surface area contributed by atoms with Crippen molar-refractivity contribution in [2.45, 2.75) is 25.9 Å². The summed E-state index contributed by atoms with van der Waals surface area (Å²) in [6.45, 7) is 3.14. The smallest absolute Gasteiger partial charge is 0.227 e. The normalized spacial score (nSPS) is 16.4. The van der Waals surface area contributed by atoms with Gasteiger partial charge in [-0.25, -0.2) is 4.39 Å². The Hall–Kier alpha value is -1.46. The lowest BCUT2D eigenvalue weighted by molar-refractivity contribution is -0.119. The van der Waals surface area contributed by atoms with E-state index in [0.717, 1.165) is 5.56 Å². The van der Waals surface area contributed by atoms with E-state index in [9.17, 15) is 9.18 Å². The van der Waals surface area contributed by atoms with Crippen molar-refractivity contribution in [3.8, 4) is 0 Å². The highest BCUT2D eigenvalue weighted by molar-refractivity contribution is 5.96. The van der Waals surface area contributed by atoms with Crippen LogP contribution >= 0.6 is 0 Å². The topological polar surface area (TPSA) is 55.6 Å². The van der Waals surface area contributed by atoms with Crippen molar-refractivity contribution in [2.75, 3.05) is 24.6 Å². The quantitative estimate of drug-likeness (QED) is 0.878. The second-order valence-corrected chi connectivity index (χ2v) is 4.59. The third kappa shape index (κ3) is 3.11. The Morgan fingerprint density at radius 1 is 1.47 bits per heavy atom. The molecule has 1 aliphatic rings. The van der Waals surface area contributed by atoms with Crippen LogP contribution in [0.15, 0.2) is 18.2 Å².